The van der Waals surface area contributed by atoms with Gasteiger partial charge in [0.1, 0.15) is 11.4 Å². The zero-order chi connectivity index (χ0) is 18.6. The number of nitrogens with one attached hydrogen (secondary N) is 1. The van der Waals surface area contributed by atoms with Crippen molar-refractivity contribution < 1.29 is 14.7 Å². The quantitative estimate of drug-likeness (QED) is 0.776. The molecule has 2 N–H and O–H groups in total. The molecule has 8 heteroatoms. The van der Waals surface area contributed by atoms with Crippen molar-refractivity contribution in [3.63, 3.8) is 0 Å². The number of carboxylic acids is 1. The Bertz CT molecular complexity index is 637. The van der Waals surface area contributed by atoms with Crippen LogP contribution in [0.3, 0.4) is 0 Å². The van der Waals surface area contributed by atoms with Gasteiger partial charge in [-0.2, -0.15) is 4.98 Å². The van der Waals surface area contributed by atoms with E-state index >= 15 is 0 Å². The molecule has 1 aromatic heterocycles. The Morgan fingerprint density at radius 1 is 1.36 bits per heavy atom. The van der Waals surface area contributed by atoms with E-state index in [9.17, 15) is 14.7 Å². The zero-order valence-corrected chi connectivity index (χ0v) is 15.6. The van der Waals surface area contributed by atoms with Gasteiger partial charge in [0, 0.05) is 32.3 Å². The SMILES string of the molecule is CC(C)(C)CC(=O)N1CCC(CNc2nc(Cl)ncc2C(=O)O)CC1. The Morgan fingerprint density at radius 2 is 2.00 bits per heavy atom. The monoisotopic (exact) mass is 368 g/mol. The summed E-state index contributed by atoms with van der Waals surface area (Å²) in [6, 6.07) is 0. The van der Waals surface area contributed by atoms with Gasteiger partial charge >= 0.3 is 5.97 Å². The van der Waals surface area contributed by atoms with Crippen LogP contribution in [0.5, 0.6) is 0 Å². The number of hydrogen-bond acceptors (Lipinski definition) is 5. The molecule has 0 atom stereocenters. The normalized spacial score (nSPS) is 15.9. The van der Waals surface area contributed by atoms with Crippen LogP contribution in [0, 0.1) is 11.3 Å². The van der Waals surface area contributed by atoms with E-state index in [0.717, 1.165) is 25.9 Å². The standard InChI is InChI=1S/C17H25ClN4O3/c1-17(2,3)8-13(23)22-6-4-11(5-7-22)9-19-14-12(15(24)25)10-20-16(18)21-14/h10-11H,4-9H2,1-3H3,(H,24,25)(H,19,20,21). The molecule has 0 saturated carbocycles. The van der Waals surface area contributed by atoms with E-state index in [4.69, 9.17) is 11.6 Å². The fraction of sp³-hybridized carbons (Fsp3) is 0.647. The molecule has 2 heterocycles. The number of carbonyl (C=O) groups is 2. The molecule has 2 rings (SSSR count). The highest BCUT2D eigenvalue weighted by Gasteiger charge is 2.26. The van der Waals surface area contributed by atoms with Crippen LogP contribution in [0.4, 0.5) is 5.82 Å². The molecule has 1 fully saturated rings. The molecule has 0 radical (unpaired) electrons. The van der Waals surface area contributed by atoms with Gasteiger partial charge in [-0.05, 0) is 35.8 Å². The lowest BCUT2D eigenvalue weighted by Gasteiger charge is -2.33. The minimum absolute atomic E-state index is 0.00203. The van der Waals surface area contributed by atoms with Crippen LogP contribution >= 0.6 is 11.6 Å². The van der Waals surface area contributed by atoms with Crippen LogP contribution in [0.25, 0.3) is 0 Å². The van der Waals surface area contributed by atoms with Crippen molar-refractivity contribution in [2.45, 2.75) is 40.0 Å². The van der Waals surface area contributed by atoms with Gasteiger partial charge in [0.2, 0.25) is 11.2 Å². The number of halogens is 1. The van der Waals surface area contributed by atoms with Crippen LogP contribution in [-0.4, -0.2) is 51.5 Å². The van der Waals surface area contributed by atoms with Gasteiger partial charge in [-0.25, -0.2) is 9.78 Å². The topological polar surface area (TPSA) is 95.4 Å². The lowest BCUT2D eigenvalue weighted by Crippen LogP contribution is -2.41. The van der Waals surface area contributed by atoms with Crippen molar-refractivity contribution >= 4 is 29.3 Å². The molecule has 0 bridgehead atoms. The first-order valence-electron chi connectivity index (χ1n) is 8.43. The molecule has 25 heavy (non-hydrogen) atoms. The Hall–Kier alpha value is -1.89. The molecule has 1 aliphatic rings. The first-order chi connectivity index (χ1) is 11.7. The van der Waals surface area contributed by atoms with Gasteiger partial charge in [-0.3, -0.25) is 4.79 Å². The molecule has 0 aromatic carbocycles. The minimum Gasteiger partial charge on any atom is -0.477 e. The van der Waals surface area contributed by atoms with Crippen LogP contribution in [0.15, 0.2) is 6.20 Å². The molecule has 138 valence electrons. The fourth-order valence-electron chi connectivity index (χ4n) is 2.84. The van der Waals surface area contributed by atoms with Gasteiger partial charge in [0.15, 0.2) is 0 Å². The molecular formula is C17H25ClN4O3. The summed E-state index contributed by atoms with van der Waals surface area (Å²) in [7, 11) is 0. The Labute approximate surface area is 152 Å². The fourth-order valence-corrected chi connectivity index (χ4v) is 2.98. The summed E-state index contributed by atoms with van der Waals surface area (Å²) >= 11 is 5.75. The van der Waals surface area contributed by atoms with E-state index in [0.29, 0.717) is 18.9 Å². The summed E-state index contributed by atoms with van der Waals surface area (Å²) in [6.07, 6.45) is 3.51. The van der Waals surface area contributed by atoms with Crippen molar-refractivity contribution in [2.75, 3.05) is 25.0 Å². The molecule has 0 spiro atoms. The van der Waals surface area contributed by atoms with Crippen LogP contribution in [0.2, 0.25) is 5.28 Å². The number of amides is 1. The number of nitrogens with zero attached hydrogens (tertiary/aromatic N) is 3. The number of carboxylic acid groups (broad SMARTS) is 1. The Balaban J connectivity index is 1.86. The highest BCUT2D eigenvalue weighted by Crippen LogP contribution is 2.24. The molecule has 1 aliphatic heterocycles. The lowest BCUT2D eigenvalue weighted by molar-refractivity contribution is -0.134. The number of carbonyl (C=O) groups excluding carboxylic acids is 1. The summed E-state index contributed by atoms with van der Waals surface area (Å²) in [5, 5.41) is 12.3. The second kappa shape index (κ2) is 7.99. The second-order valence-electron chi connectivity index (χ2n) is 7.65. The first kappa shape index (κ1) is 19.4. The molecule has 0 unspecified atom stereocenters. The third kappa shape index (κ3) is 5.85. The highest BCUT2D eigenvalue weighted by atomic mass is 35.5. The maximum Gasteiger partial charge on any atom is 0.341 e. The molecule has 0 aliphatic carbocycles. The third-order valence-electron chi connectivity index (χ3n) is 4.20. The van der Waals surface area contributed by atoms with Gasteiger partial charge in [-0.15, -0.1) is 0 Å². The number of rotatable bonds is 5. The zero-order valence-electron chi connectivity index (χ0n) is 14.9. The van der Waals surface area contributed by atoms with E-state index in [1.54, 1.807) is 0 Å². The number of hydrogen-bond donors (Lipinski definition) is 2. The maximum atomic E-state index is 12.3. The van der Waals surface area contributed by atoms with E-state index in [-0.39, 0.29) is 28.0 Å². The second-order valence-corrected chi connectivity index (χ2v) is 7.99. The van der Waals surface area contributed by atoms with Crippen LogP contribution < -0.4 is 5.32 Å². The molecule has 1 amide bonds. The number of piperidine rings is 1. The summed E-state index contributed by atoms with van der Waals surface area (Å²) in [5.41, 5.74) is -0.00293. The van der Waals surface area contributed by atoms with Gasteiger partial charge in [0.05, 0.1) is 0 Å². The summed E-state index contributed by atoms with van der Waals surface area (Å²) < 4.78 is 0. The summed E-state index contributed by atoms with van der Waals surface area (Å²) in [6.45, 7) is 8.25. The predicted molar refractivity (Wildman–Crippen MR) is 95.9 cm³/mol. The van der Waals surface area contributed by atoms with Crippen molar-refractivity contribution in [3.8, 4) is 0 Å². The summed E-state index contributed by atoms with van der Waals surface area (Å²) in [4.78, 5) is 33.1. The number of likely N-dealkylation sites (tertiary alicyclic amines) is 1. The highest BCUT2D eigenvalue weighted by molar-refractivity contribution is 6.28. The third-order valence-corrected chi connectivity index (χ3v) is 4.38. The average molecular weight is 369 g/mol. The average Bonchev–Trinajstić information content (AvgIpc) is 2.51. The molecule has 7 nitrogen and oxygen atoms in total. The van der Waals surface area contributed by atoms with E-state index < -0.39 is 5.97 Å². The number of aromatic carboxylic acids is 1. The Kier molecular flexibility index (Phi) is 6.21. The van der Waals surface area contributed by atoms with Gasteiger partial charge in [0.25, 0.3) is 0 Å². The molecular weight excluding hydrogens is 344 g/mol. The number of aromatic nitrogens is 2. The predicted octanol–water partition coefficient (Wildman–Crippen LogP) is 2.91. The molecule has 1 aromatic rings. The molecule has 1 saturated heterocycles. The Morgan fingerprint density at radius 3 is 2.56 bits per heavy atom. The smallest absolute Gasteiger partial charge is 0.341 e. The lowest BCUT2D eigenvalue weighted by atomic mass is 9.90. The number of anilines is 1. The van der Waals surface area contributed by atoms with Gasteiger partial charge in [-0.1, -0.05) is 20.8 Å². The van der Waals surface area contributed by atoms with E-state index in [1.807, 2.05) is 4.90 Å². The minimum atomic E-state index is -1.10. The van der Waals surface area contributed by atoms with Crippen LogP contribution in [-0.2, 0) is 4.79 Å². The maximum absolute atomic E-state index is 12.3. The van der Waals surface area contributed by atoms with E-state index in [2.05, 4.69) is 36.1 Å². The van der Waals surface area contributed by atoms with E-state index in [1.165, 1.54) is 6.20 Å². The van der Waals surface area contributed by atoms with Crippen molar-refractivity contribution in [1.29, 1.82) is 0 Å². The first-order valence-corrected chi connectivity index (χ1v) is 8.81. The van der Waals surface area contributed by atoms with Crippen LogP contribution in [0.1, 0.15) is 50.4 Å². The van der Waals surface area contributed by atoms with Crippen molar-refractivity contribution in [3.05, 3.63) is 17.0 Å². The largest absolute Gasteiger partial charge is 0.477 e. The van der Waals surface area contributed by atoms with Crippen molar-refractivity contribution in [2.24, 2.45) is 11.3 Å². The van der Waals surface area contributed by atoms with Crippen molar-refractivity contribution in [1.82, 2.24) is 14.9 Å². The summed E-state index contributed by atoms with van der Waals surface area (Å²) in [5.74, 6) is -0.302. The van der Waals surface area contributed by atoms with Gasteiger partial charge < -0.3 is 15.3 Å².